The first kappa shape index (κ1) is 19.6. The van der Waals surface area contributed by atoms with Gasteiger partial charge in [0, 0.05) is 4.75 Å². The Morgan fingerprint density at radius 1 is 1.24 bits per heavy atom. The maximum atomic E-state index is 13.2. The highest BCUT2D eigenvalue weighted by molar-refractivity contribution is 8.01. The van der Waals surface area contributed by atoms with Crippen LogP contribution in [0.15, 0.2) is 36.4 Å². The molecule has 2 N–H and O–H groups in total. The van der Waals surface area contributed by atoms with Gasteiger partial charge in [-0.15, -0.1) is 11.8 Å². The van der Waals surface area contributed by atoms with E-state index in [1.54, 1.807) is 19.9 Å². The molecule has 29 heavy (non-hydrogen) atoms. The van der Waals surface area contributed by atoms with Crippen molar-refractivity contribution in [3.05, 3.63) is 42.0 Å². The van der Waals surface area contributed by atoms with E-state index in [-0.39, 0.29) is 5.91 Å². The Kier molecular flexibility index (Phi) is 4.69. The molecule has 4 rings (SSSR count). The molecular weight excluding hydrogens is 392 g/mol. The van der Waals surface area contributed by atoms with E-state index in [4.69, 9.17) is 4.74 Å². The Hall–Kier alpha value is -2.74. The highest BCUT2D eigenvalue weighted by atomic mass is 32.2. The van der Waals surface area contributed by atoms with E-state index in [2.05, 4.69) is 5.32 Å². The molecule has 2 aliphatic rings. The lowest BCUT2D eigenvalue weighted by molar-refractivity contribution is -0.159. The molecule has 3 atom stereocenters. The zero-order valence-electron chi connectivity index (χ0n) is 16.3. The molecule has 0 saturated carbocycles. The van der Waals surface area contributed by atoms with Crippen molar-refractivity contribution in [1.29, 1.82) is 0 Å². The van der Waals surface area contributed by atoms with E-state index in [0.29, 0.717) is 17.9 Å². The van der Waals surface area contributed by atoms with Gasteiger partial charge in [-0.2, -0.15) is 0 Å². The topological polar surface area (TPSA) is 95.9 Å². The molecule has 7 nitrogen and oxygen atoms in total. The summed E-state index contributed by atoms with van der Waals surface area (Å²) < 4.78 is 5.02. The smallest absolute Gasteiger partial charge is 0.327 e. The molecule has 2 fully saturated rings. The van der Waals surface area contributed by atoms with Crippen LogP contribution in [0, 0.1) is 0 Å². The molecule has 0 aromatic heterocycles. The number of carboxylic acids is 1. The highest BCUT2D eigenvalue weighted by Gasteiger charge is 2.64. The van der Waals surface area contributed by atoms with Crippen molar-refractivity contribution >= 4 is 40.3 Å². The molecule has 0 spiro atoms. The van der Waals surface area contributed by atoms with Crippen LogP contribution in [-0.2, 0) is 9.59 Å². The van der Waals surface area contributed by atoms with Gasteiger partial charge in [-0.3, -0.25) is 9.59 Å². The van der Waals surface area contributed by atoms with Crippen LogP contribution >= 0.6 is 11.8 Å². The fourth-order valence-electron chi connectivity index (χ4n) is 4.12. The lowest BCUT2D eigenvalue weighted by Crippen LogP contribution is -2.70. The first-order valence-electron chi connectivity index (χ1n) is 9.44. The average Bonchev–Trinajstić information content (AvgIpc) is 2.94. The van der Waals surface area contributed by atoms with Crippen molar-refractivity contribution in [3.63, 3.8) is 0 Å². The number of fused-ring (bicyclic) bond motifs is 2. The van der Waals surface area contributed by atoms with Crippen molar-refractivity contribution in [1.82, 2.24) is 10.2 Å². The van der Waals surface area contributed by atoms with Crippen LogP contribution in [0.5, 0.6) is 5.75 Å². The van der Waals surface area contributed by atoms with Gasteiger partial charge in [-0.05, 0) is 37.6 Å². The molecule has 2 aliphatic heterocycles. The number of rotatable bonds is 5. The molecule has 0 radical (unpaired) electrons. The number of benzene rings is 2. The molecule has 1 unspecified atom stereocenters. The monoisotopic (exact) mass is 414 g/mol. The summed E-state index contributed by atoms with van der Waals surface area (Å²) in [5.41, 5.74) is 0.383. The molecule has 0 bridgehead atoms. The van der Waals surface area contributed by atoms with Gasteiger partial charge in [0.25, 0.3) is 5.91 Å². The number of carbonyl (C=O) groups is 3. The van der Waals surface area contributed by atoms with Gasteiger partial charge in [0.15, 0.2) is 0 Å². The Labute approximate surface area is 172 Å². The molecule has 2 aromatic rings. The van der Waals surface area contributed by atoms with E-state index in [0.717, 1.165) is 10.8 Å². The third kappa shape index (κ3) is 3.02. The molecule has 8 heteroatoms. The maximum Gasteiger partial charge on any atom is 0.327 e. The summed E-state index contributed by atoms with van der Waals surface area (Å²) in [7, 11) is 0. The number of hydrogen-bond acceptors (Lipinski definition) is 5. The number of nitrogens with zero attached hydrogens (tertiary/aromatic N) is 1. The second kappa shape index (κ2) is 6.95. The molecule has 0 aliphatic carbocycles. The Balaban J connectivity index is 1.64. The van der Waals surface area contributed by atoms with Crippen LogP contribution < -0.4 is 10.1 Å². The lowest BCUT2D eigenvalue weighted by atomic mass is 9.95. The molecule has 2 amide bonds. The minimum Gasteiger partial charge on any atom is -0.493 e. The molecule has 2 saturated heterocycles. The summed E-state index contributed by atoms with van der Waals surface area (Å²) in [5.74, 6) is -1.35. The third-order valence-corrected chi connectivity index (χ3v) is 6.95. The Bertz CT molecular complexity index is 1020. The van der Waals surface area contributed by atoms with Gasteiger partial charge in [-0.1, -0.05) is 30.3 Å². The van der Waals surface area contributed by atoms with Crippen molar-refractivity contribution in [2.24, 2.45) is 0 Å². The quantitative estimate of drug-likeness (QED) is 0.730. The van der Waals surface area contributed by atoms with Crippen LogP contribution in [-0.4, -0.2) is 56.6 Å². The summed E-state index contributed by atoms with van der Waals surface area (Å²) in [6.07, 6.45) is 0. The molecule has 2 aromatic carbocycles. The number of amides is 2. The van der Waals surface area contributed by atoms with E-state index in [1.807, 2.05) is 37.3 Å². The molecule has 2 heterocycles. The summed E-state index contributed by atoms with van der Waals surface area (Å²) in [6, 6.07) is 9.46. The normalized spacial score (nSPS) is 24.7. The van der Waals surface area contributed by atoms with Gasteiger partial charge in [0.05, 0.1) is 12.2 Å². The fourth-order valence-corrected chi connectivity index (χ4v) is 5.75. The van der Waals surface area contributed by atoms with Gasteiger partial charge in [-0.25, -0.2) is 4.79 Å². The zero-order chi connectivity index (χ0) is 20.9. The Morgan fingerprint density at radius 2 is 1.97 bits per heavy atom. The van der Waals surface area contributed by atoms with Gasteiger partial charge in [0.1, 0.15) is 23.2 Å². The van der Waals surface area contributed by atoms with E-state index < -0.39 is 34.1 Å². The predicted octanol–water partition coefficient (Wildman–Crippen LogP) is 2.48. The lowest BCUT2D eigenvalue weighted by Gasteiger charge is -2.43. The minimum atomic E-state index is -1.03. The van der Waals surface area contributed by atoms with E-state index in [1.165, 1.54) is 16.7 Å². The number of aliphatic carboxylic acids is 1. The maximum absolute atomic E-state index is 13.2. The number of thioether (sulfide) groups is 1. The SMILES string of the molecule is CCOc1ccc2ccccc2c1C(=O)N[C@@H]1C(=O)N2C(C(=O)O)C(C)(C)S[C@H]12. The largest absolute Gasteiger partial charge is 0.493 e. The van der Waals surface area contributed by atoms with Gasteiger partial charge in [0.2, 0.25) is 5.91 Å². The van der Waals surface area contributed by atoms with Crippen molar-refractivity contribution < 1.29 is 24.2 Å². The average molecular weight is 414 g/mol. The second-order valence-corrected chi connectivity index (χ2v) is 9.41. The third-order valence-electron chi connectivity index (χ3n) is 5.38. The molecular formula is C21H22N2O5S. The van der Waals surface area contributed by atoms with Crippen molar-refractivity contribution in [2.45, 2.75) is 43.0 Å². The van der Waals surface area contributed by atoms with Crippen LogP contribution in [0.25, 0.3) is 10.8 Å². The van der Waals surface area contributed by atoms with Crippen LogP contribution in [0.1, 0.15) is 31.1 Å². The van der Waals surface area contributed by atoms with Gasteiger partial charge < -0.3 is 20.1 Å². The fraction of sp³-hybridized carbons (Fsp3) is 0.381. The minimum absolute atomic E-state index is 0.368. The number of carbonyl (C=O) groups excluding carboxylic acids is 2. The number of ether oxygens (including phenoxy) is 1. The van der Waals surface area contributed by atoms with E-state index in [9.17, 15) is 19.5 Å². The summed E-state index contributed by atoms with van der Waals surface area (Å²) in [5, 5.41) is 13.6. The van der Waals surface area contributed by atoms with Gasteiger partial charge >= 0.3 is 5.97 Å². The number of β-lactam (4-membered cyclic amide) rings is 1. The Morgan fingerprint density at radius 3 is 2.66 bits per heavy atom. The number of hydrogen-bond donors (Lipinski definition) is 2. The van der Waals surface area contributed by atoms with Crippen LogP contribution in [0.4, 0.5) is 0 Å². The number of carboxylic acid groups (broad SMARTS) is 1. The van der Waals surface area contributed by atoms with E-state index >= 15 is 0 Å². The first-order valence-corrected chi connectivity index (χ1v) is 10.3. The van der Waals surface area contributed by atoms with Crippen LogP contribution in [0.3, 0.4) is 0 Å². The predicted molar refractivity (Wildman–Crippen MR) is 110 cm³/mol. The first-order chi connectivity index (χ1) is 13.8. The van der Waals surface area contributed by atoms with Crippen LogP contribution in [0.2, 0.25) is 0 Å². The zero-order valence-corrected chi connectivity index (χ0v) is 17.2. The standard InChI is InChI=1S/C21H22N2O5S/c1-4-28-13-10-9-11-7-5-6-8-12(11)14(13)17(24)22-15-18(25)23-16(20(26)27)21(2,3)29-19(15)23/h5-10,15-16,19H,4H2,1-3H3,(H,22,24)(H,26,27)/t15-,16?,19-/m1/s1. The number of nitrogens with one attached hydrogen (secondary N) is 1. The molecule has 152 valence electrons. The van der Waals surface area contributed by atoms with Crippen molar-refractivity contribution in [3.8, 4) is 5.75 Å². The summed E-state index contributed by atoms with van der Waals surface area (Å²) in [6.45, 7) is 5.85. The summed E-state index contributed by atoms with van der Waals surface area (Å²) >= 11 is 1.40. The summed E-state index contributed by atoms with van der Waals surface area (Å²) in [4.78, 5) is 38.9. The van der Waals surface area contributed by atoms with Crippen molar-refractivity contribution in [2.75, 3.05) is 6.61 Å². The second-order valence-electron chi connectivity index (χ2n) is 7.64. The highest BCUT2D eigenvalue weighted by Crippen LogP contribution is 2.50.